The van der Waals surface area contributed by atoms with Crippen LogP contribution < -0.4 is 10.1 Å². The van der Waals surface area contributed by atoms with Crippen LogP contribution in [0.2, 0.25) is 0 Å². The Morgan fingerprint density at radius 3 is 2.85 bits per heavy atom. The Hall–Kier alpha value is -2.97. The summed E-state index contributed by atoms with van der Waals surface area (Å²) in [4.78, 5) is 17.6. The lowest BCUT2D eigenvalue weighted by Crippen LogP contribution is -2.24. The van der Waals surface area contributed by atoms with Gasteiger partial charge in [-0.15, -0.1) is 11.8 Å². The summed E-state index contributed by atoms with van der Waals surface area (Å²) in [5, 5.41) is 3.86. The van der Waals surface area contributed by atoms with Crippen molar-refractivity contribution in [2.24, 2.45) is 0 Å². The van der Waals surface area contributed by atoms with Crippen LogP contribution in [0, 0.1) is 11.8 Å². The predicted octanol–water partition coefficient (Wildman–Crippen LogP) is 4.16. The van der Waals surface area contributed by atoms with E-state index in [2.05, 4.69) is 29.1 Å². The number of nitrogens with zero attached hydrogens (tertiary/aromatic N) is 1. The van der Waals surface area contributed by atoms with Gasteiger partial charge in [0.2, 0.25) is 0 Å². The number of benzene rings is 2. The first-order valence-corrected chi connectivity index (χ1v) is 9.70. The highest BCUT2D eigenvalue weighted by atomic mass is 32.2. The van der Waals surface area contributed by atoms with Gasteiger partial charge in [-0.25, -0.2) is 0 Å². The molecule has 0 fully saturated rings. The van der Waals surface area contributed by atoms with Crippen molar-refractivity contribution >= 4 is 28.6 Å². The number of fused-ring (bicyclic) bond motifs is 1. The molecule has 1 N–H and O–H groups in total. The number of thioether (sulfide) groups is 1. The number of hydrogen-bond donors (Lipinski definition) is 1. The number of para-hydroxylation sites is 1. The Kier molecular flexibility index (Phi) is 6.72. The van der Waals surface area contributed by atoms with Gasteiger partial charge in [0, 0.05) is 16.5 Å². The molecule has 0 radical (unpaired) electrons. The van der Waals surface area contributed by atoms with E-state index < -0.39 is 0 Å². The number of carbonyl (C=O) groups excluding carboxylic acids is 1. The van der Waals surface area contributed by atoms with Crippen LogP contribution in [0.4, 0.5) is 0 Å². The van der Waals surface area contributed by atoms with E-state index in [-0.39, 0.29) is 19.1 Å². The second kappa shape index (κ2) is 9.65. The highest BCUT2D eigenvalue weighted by Crippen LogP contribution is 2.23. The molecule has 4 nitrogen and oxygen atoms in total. The first-order chi connectivity index (χ1) is 13.3. The number of ether oxygens (including phenoxy) is 1. The molecule has 27 heavy (non-hydrogen) atoms. The topological polar surface area (TPSA) is 51.2 Å². The average molecular weight is 376 g/mol. The summed E-state index contributed by atoms with van der Waals surface area (Å²) in [7, 11) is 0. The molecule has 3 rings (SSSR count). The highest BCUT2D eigenvalue weighted by Gasteiger charge is 2.09. The number of rotatable bonds is 6. The van der Waals surface area contributed by atoms with E-state index >= 15 is 0 Å². The van der Waals surface area contributed by atoms with Gasteiger partial charge in [0.1, 0.15) is 17.9 Å². The third-order valence-corrected chi connectivity index (χ3v) is 4.75. The molecular weight excluding hydrogens is 356 g/mol. The van der Waals surface area contributed by atoms with Crippen molar-refractivity contribution in [1.82, 2.24) is 10.3 Å². The zero-order valence-corrected chi connectivity index (χ0v) is 15.9. The van der Waals surface area contributed by atoms with E-state index in [1.54, 1.807) is 18.0 Å². The second-order valence-corrected chi connectivity index (χ2v) is 6.89. The molecule has 5 heteroatoms. The number of hydrogen-bond acceptors (Lipinski definition) is 4. The van der Waals surface area contributed by atoms with Crippen molar-refractivity contribution in [3.05, 3.63) is 66.4 Å². The van der Waals surface area contributed by atoms with Gasteiger partial charge >= 0.3 is 0 Å². The first-order valence-electron chi connectivity index (χ1n) is 8.72. The maximum Gasteiger partial charge on any atom is 0.253 e. The highest BCUT2D eigenvalue weighted by molar-refractivity contribution is 7.99. The summed E-state index contributed by atoms with van der Waals surface area (Å²) in [6.07, 6.45) is 1.74. The van der Waals surface area contributed by atoms with Gasteiger partial charge in [-0.05, 0) is 30.0 Å². The lowest BCUT2D eigenvalue weighted by atomic mass is 10.2. The van der Waals surface area contributed by atoms with Gasteiger partial charge in [0.25, 0.3) is 5.91 Å². The van der Waals surface area contributed by atoms with Crippen LogP contribution in [0.1, 0.15) is 17.3 Å². The SMILES string of the molecule is CCSc1ccccc1C(=O)NCC#CCOc1cccc2cccnc12. The van der Waals surface area contributed by atoms with Crippen LogP contribution in [-0.4, -0.2) is 29.8 Å². The van der Waals surface area contributed by atoms with E-state index in [4.69, 9.17) is 4.74 Å². The zero-order valence-electron chi connectivity index (χ0n) is 15.1. The maximum absolute atomic E-state index is 12.3. The molecule has 1 heterocycles. The Balaban J connectivity index is 1.52. The number of pyridine rings is 1. The molecular formula is C22H20N2O2S. The molecule has 0 unspecified atom stereocenters. The van der Waals surface area contributed by atoms with Crippen molar-refractivity contribution in [3.8, 4) is 17.6 Å². The van der Waals surface area contributed by atoms with Crippen molar-refractivity contribution in [3.63, 3.8) is 0 Å². The van der Waals surface area contributed by atoms with Gasteiger partial charge < -0.3 is 10.1 Å². The fourth-order valence-corrected chi connectivity index (χ4v) is 3.38. The minimum absolute atomic E-state index is 0.111. The fourth-order valence-electron chi connectivity index (χ4n) is 2.58. The number of aromatic nitrogens is 1. The standard InChI is InChI=1S/C22H20N2O2S/c1-2-27-20-13-4-3-11-18(20)22(25)24-14-5-6-16-26-19-12-7-9-17-10-8-15-23-21(17)19/h3-4,7-13,15H,2,14,16H2,1H3,(H,24,25). The van der Waals surface area contributed by atoms with Crippen LogP contribution in [0.3, 0.4) is 0 Å². The maximum atomic E-state index is 12.3. The van der Waals surface area contributed by atoms with Gasteiger partial charge in [-0.1, -0.05) is 49.1 Å². The quantitative estimate of drug-likeness (QED) is 0.518. The summed E-state index contributed by atoms with van der Waals surface area (Å²) in [5.74, 6) is 7.36. The summed E-state index contributed by atoms with van der Waals surface area (Å²) in [6.45, 7) is 2.59. The Bertz CT molecular complexity index is 987. The van der Waals surface area contributed by atoms with Crippen molar-refractivity contribution < 1.29 is 9.53 Å². The van der Waals surface area contributed by atoms with Crippen molar-refractivity contribution in [2.45, 2.75) is 11.8 Å². The zero-order chi connectivity index (χ0) is 18.9. The van der Waals surface area contributed by atoms with Gasteiger partial charge in [-0.3, -0.25) is 9.78 Å². The molecule has 2 aromatic carbocycles. The second-order valence-electron chi connectivity index (χ2n) is 5.59. The van der Waals surface area contributed by atoms with Gasteiger partial charge in [-0.2, -0.15) is 0 Å². The summed E-state index contributed by atoms with van der Waals surface area (Å²) >= 11 is 1.65. The molecule has 0 atom stereocenters. The molecule has 0 spiro atoms. The molecule has 1 amide bonds. The van der Waals surface area contributed by atoms with Crippen LogP contribution in [0.25, 0.3) is 10.9 Å². The average Bonchev–Trinajstić information content (AvgIpc) is 2.71. The molecule has 0 saturated carbocycles. The van der Waals surface area contributed by atoms with E-state index in [1.165, 1.54) is 0 Å². The number of nitrogens with one attached hydrogen (secondary N) is 1. The number of carbonyl (C=O) groups is 1. The van der Waals surface area contributed by atoms with Crippen LogP contribution in [0.15, 0.2) is 65.7 Å². The summed E-state index contributed by atoms with van der Waals surface area (Å²) < 4.78 is 5.71. The lowest BCUT2D eigenvalue weighted by molar-refractivity contribution is 0.0956. The minimum atomic E-state index is -0.111. The summed E-state index contributed by atoms with van der Waals surface area (Å²) in [5.41, 5.74) is 1.50. The van der Waals surface area contributed by atoms with E-state index in [9.17, 15) is 4.79 Å². The first kappa shape index (κ1) is 18.8. The van der Waals surface area contributed by atoms with E-state index in [1.807, 2.05) is 54.6 Å². The molecule has 1 aromatic heterocycles. The van der Waals surface area contributed by atoms with Crippen LogP contribution in [-0.2, 0) is 0 Å². The van der Waals surface area contributed by atoms with Crippen molar-refractivity contribution in [2.75, 3.05) is 18.9 Å². The normalized spacial score (nSPS) is 10.1. The monoisotopic (exact) mass is 376 g/mol. The Labute approximate surface area is 163 Å². The van der Waals surface area contributed by atoms with E-state index in [0.717, 1.165) is 21.6 Å². The Morgan fingerprint density at radius 1 is 1.11 bits per heavy atom. The molecule has 0 aliphatic rings. The van der Waals surface area contributed by atoms with Gasteiger partial charge in [0.05, 0.1) is 12.1 Å². The molecule has 0 aliphatic carbocycles. The van der Waals surface area contributed by atoms with Crippen LogP contribution in [0.5, 0.6) is 5.75 Å². The molecule has 136 valence electrons. The molecule has 0 saturated heterocycles. The molecule has 3 aromatic rings. The third kappa shape index (κ3) is 5.02. The lowest BCUT2D eigenvalue weighted by Gasteiger charge is -2.07. The molecule has 0 aliphatic heterocycles. The minimum Gasteiger partial charge on any atom is -0.479 e. The molecule has 0 bridgehead atoms. The summed E-state index contributed by atoms with van der Waals surface area (Å²) in [6, 6.07) is 17.3. The number of amides is 1. The predicted molar refractivity (Wildman–Crippen MR) is 110 cm³/mol. The van der Waals surface area contributed by atoms with Gasteiger partial charge in [0.15, 0.2) is 0 Å². The van der Waals surface area contributed by atoms with E-state index in [0.29, 0.717) is 11.3 Å². The Morgan fingerprint density at radius 2 is 1.96 bits per heavy atom. The third-order valence-electron chi connectivity index (χ3n) is 3.79. The van der Waals surface area contributed by atoms with Crippen LogP contribution >= 0.6 is 11.8 Å². The largest absolute Gasteiger partial charge is 0.479 e. The fraction of sp³-hybridized carbons (Fsp3) is 0.182. The smallest absolute Gasteiger partial charge is 0.253 e. The van der Waals surface area contributed by atoms with Crippen molar-refractivity contribution in [1.29, 1.82) is 0 Å².